The van der Waals surface area contributed by atoms with Crippen molar-refractivity contribution in [2.75, 3.05) is 5.75 Å². The molecule has 0 aliphatic heterocycles. The molecule has 0 saturated heterocycles. The molecule has 0 fully saturated rings. The van der Waals surface area contributed by atoms with Gasteiger partial charge < -0.3 is 0 Å². The average molecular weight is 202 g/mol. The van der Waals surface area contributed by atoms with Crippen molar-refractivity contribution in [2.24, 2.45) is 0 Å². The summed E-state index contributed by atoms with van der Waals surface area (Å²) in [6.45, 7) is 3.62. The van der Waals surface area contributed by atoms with Crippen LogP contribution in [-0.2, 0) is 11.2 Å². The molecule has 66 valence electrons. The van der Waals surface area contributed by atoms with Crippen LogP contribution in [0.4, 0.5) is 0 Å². The zero-order valence-corrected chi connectivity index (χ0v) is 8.67. The number of Topliss-reactive ketones (excluding diaryl/α,β-unsaturated/α-hetero) is 1. The van der Waals surface area contributed by atoms with Gasteiger partial charge in [0.2, 0.25) is 0 Å². The highest BCUT2D eigenvalue weighted by Gasteiger charge is 2.03. The van der Waals surface area contributed by atoms with Gasteiger partial charge in [-0.2, -0.15) is 0 Å². The third-order valence-electron chi connectivity index (χ3n) is 1.15. The van der Waals surface area contributed by atoms with Crippen LogP contribution in [0.1, 0.15) is 18.9 Å². The van der Waals surface area contributed by atoms with Gasteiger partial charge in [-0.05, 0) is 13.3 Å². The molecule has 0 atom stereocenters. The molecule has 5 heteroatoms. The van der Waals surface area contributed by atoms with Crippen LogP contribution in [0.3, 0.4) is 0 Å². The van der Waals surface area contributed by atoms with E-state index in [0.717, 1.165) is 15.8 Å². The summed E-state index contributed by atoms with van der Waals surface area (Å²) in [5.74, 6) is 0.673. The van der Waals surface area contributed by atoms with Crippen molar-refractivity contribution >= 4 is 28.9 Å². The summed E-state index contributed by atoms with van der Waals surface area (Å²) in [7, 11) is 0. The SMILES string of the molecule is CCc1nnc(SCC(C)=O)s1. The molecular weight excluding hydrogens is 192 g/mol. The normalized spacial score (nSPS) is 10.2. The maximum atomic E-state index is 10.6. The van der Waals surface area contributed by atoms with Crippen molar-refractivity contribution in [1.29, 1.82) is 0 Å². The Morgan fingerprint density at radius 1 is 1.58 bits per heavy atom. The second-order valence-electron chi connectivity index (χ2n) is 2.31. The Labute approximate surface area is 79.6 Å². The van der Waals surface area contributed by atoms with E-state index in [9.17, 15) is 4.79 Å². The number of aryl methyl sites for hydroxylation is 1. The molecule has 0 amide bonds. The van der Waals surface area contributed by atoms with E-state index in [0.29, 0.717) is 5.75 Å². The van der Waals surface area contributed by atoms with Crippen LogP contribution in [-0.4, -0.2) is 21.7 Å². The molecule has 0 aliphatic carbocycles. The zero-order valence-electron chi connectivity index (χ0n) is 7.03. The second kappa shape index (κ2) is 4.57. The number of thioether (sulfide) groups is 1. The van der Waals surface area contributed by atoms with E-state index in [1.165, 1.54) is 11.8 Å². The summed E-state index contributed by atoms with van der Waals surface area (Å²) in [4.78, 5) is 10.6. The molecule has 3 nitrogen and oxygen atoms in total. The summed E-state index contributed by atoms with van der Waals surface area (Å²) in [5, 5.41) is 8.92. The van der Waals surface area contributed by atoms with E-state index in [1.54, 1.807) is 18.3 Å². The zero-order chi connectivity index (χ0) is 8.97. The largest absolute Gasteiger partial charge is 0.299 e. The fourth-order valence-electron chi connectivity index (χ4n) is 0.603. The van der Waals surface area contributed by atoms with Gasteiger partial charge in [-0.25, -0.2) is 0 Å². The first-order chi connectivity index (χ1) is 5.72. The fourth-order valence-corrected chi connectivity index (χ4v) is 2.24. The van der Waals surface area contributed by atoms with Crippen LogP contribution in [0.15, 0.2) is 4.34 Å². The summed E-state index contributed by atoms with van der Waals surface area (Å²) < 4.78 is 0.891. The average Bonchev–Trinajstić information content (AvgIpc) is 2.48. The molecular formula is C7H10N2OS2. The number of carbonyl (C=O) groups is 1. The Morgan fingerprint density at radius 2 is 2.33 bits per heavy atom. The van der Waals surface area contributed by atoms with Crippen molar-refractivity contribution in [2.45, 2.75) is 24.6 Å². The lowest BCUT2D eigenvalue weighted by atomic mass is 10.5. The number of hydrogen-bond donors (Lipinski definition) is 0. The minimum Gasteiger partial charge on any atom is -0.299 e. The smallest absolute Gasteiger partial charge is 0.174 e. The quantitative estimate of drug-likeness (QED) is 0.698. The van der Waals surface area contributed by atoms with Gasteiger partial charge in [-0.15, -0.1) is 10.2 Å². The van der Waals surface area contributed by atoms with Crippen LogP contribution in [0.25, 0.3) is 0 Å². The standard InChI is InChI=1S/C7H10N2OS2/c1-3-6-8-9-7(12-6)11-4-5(2)10/h3-4H2,1-2H3. The third-order valence-corrected chi connectivity index (χ3v) is 3.49. The predicted molar refractivity (Wildman–Crippen MR) is 50.7 cm³/mol. The van der Waals surface area contributed by atoms with Gasteiger partial charge >= 0.3 is 0 Å². The number of ketones is 1. The minimum atomic E-state index is 0.174. The number of hydrogen-bond acceptors (Lipinski definition) is 5. The molecule has 0 radical (unpaired) electrons. The predicted octanol–water partition coefficient (Wildman–Crippen LogP) is 1.78. The maximum absolute atomic E-state index is 10.6. The molecule has 1 rings (SSSR count). The first kappa shape index (κ1) is 9.67. The van der Waals surface area contributed by atoms with Crippen molar-refractivity contribution in [3.8, 4) is 0 Å². The number of aromatic nitrogens is 2. The Morgan fingerprint density at radius 3 is 2.83 bits per heavy atom. The van der Waals surface area contributed by atoms with Gasteiger partial charge in [0.15, 0.2) is 4.34 Å². The third kappa shape index (κ3) is 2.91. The van der Waals surface area contributed by atoms with E-state index in [4.69, 9.17) is 0 Å². The molecule has 0 N–H and O–H groups in total. The lowest BCUT2D eigenvalue weighted by molar-refractivity contribution is -0.114. The Balaban J connectivity index is 2.47. The van der Waals surface area contributed by atoms with Gasteiger partial charge in [0.05, 0.1) is 5.75 Å². The highest BCUT2D eigenvalue weighted by Crippen LogP contribution is 2.22. The molecule has 0 spiro atoms. The Bertz CT molecular complexity index is 272. The minimum absolute atomic E-state index is 0.174. The van der Waals surface area contributed by atoms with Gasteiger partial charge in [0.1, 0.15) is 10.8 Å². The summed E-state index contributed by atoms with van der Waals surface area (Å²) in [5.41, 5.74) is 0. The molecule has 1 aromatic heterocycles. The van der Waals surface area contributed by atoms with Crippen LogP contribution in [0.2, 0.25) is 0 Å². The Hall–Kier alpha value is -0.420. The summed E-state index contributed by atoms with van der Waals surface area (Å²) in [6.07, 6.45) is 0.915. The highest BCUT2D eigenvalue weighted by atomic mass is 32.2. The number of rotatable bonds is 4. The van der Waals surface area contributed by atoms with Gasteiger partial charge in [-0.1, -0.05) is 30.0 Å². The van der Waals surface area contributed by atoms with Gasteiger partial charge in [0.25, 0.3) is 0 Å². The topological polar surface area (TPSA) is 42.9 Å². The molecule has 0 aliphatic rings. The van der Waals surface area contributed by atoms with Gasteiger partial charge in [0, 0.05) is 0 Å². The molecule has 12 heavy (non-hydrogen) atoms. The maximum Gasteiger partial charge on any atom is 0.174 e. The number of carbonyl (C=O) groups excluding carboxylic acids is 1. The van der Waals surface area contributed by atoms with E-state index >= 15 is 0 Å². The molecule has 1 heterocycles. The monoisotopic (exact) mass is 202 g/mol. The lowest BCUT2D eigenvalue weighted by Crippen LogP contribution is -1.92. The second-order valence-corrected chi connectivity index (χ2v) is 4.59. The van der Waals surface area contributed by atoms with Crippen LogP contribution in [0, 0.1) is 0 Å². The molecule has 0 unspecified atom stereocenters. The highest BCUT2D eigenvalue weighted by molar-refractivity contribution is 8.01. The van der Waals surface area contributed by atoms with Crippen molar-refractivity contribution in [3.63, 3.8) is 0 Å². The van der Waals surface area contributed by atoms with Crippen molar-refractivity contribution in [3.05, 3.63) is 5.01 Å². The molecule has 0 saturated carbocycles. The summed E-state index contributed by atoms with van der Waals surface area (Å²) in [6, 6.07) is 0. The lowest BCUT2D eigenvalue weighted by Gasteiger charge is -1.88. The van der Waals surface area contributed by atoms with Crippen LogP contribution in [0.5, 0.6) is 0 Å². The Kier molecular flexibility index (Phi) is 3.68. The first-order valence-corrected chi connectivity index (χ1v) is 5.47. The van der Waals surface area contributed by atoms with Gasteiger partial charge in [-0.3, -0.25) is 4.79 Å². The van der Waals surface area contributed by atoms with E-state index in [1.807, 2.05) is 6.92 Å². The van der Waals surface area contributed by atoms with E-state index in [2.05, 4.69) is 10.2 Å². The molecule has 0 aromatic carbocycles. The molecule has 0 bridgehead atoms. The first-order valence-electron chi connectivity index (χ1n) is 3.67. The van der Waals surface area contributed by atoms with Crippen LogP contribution >= 0.6 is 23.1 Å². The molecule has 1 aromatic rings. The van der Waals surface area contributed by atoms with Crippen molar-refractivity contribution < 1.29 is 4.79 Å². The fraction of sp³-hybridized carbons (Fsp3) is 0.571. The summed E-state index contributed by atoms with van der Waals surface area (Å²) >= 11 is 3.02. The van der Waals surface area contributed by atoms with Crippen molar-refractivity contribution in [1.82, 2.24) is 10.2 Å². The van der Waals surface area contributed by atoms with E-state index < -0.39 is 0 Å². The number of nitrogens with zero attached hydrogens (tertiary/aromatic N) is 2. The van der Waals surface area contributed by atoms with E-state index in [-0.39, 0.29) is 5.78 Å². The van der Waals surface area contributed by atoms with Crippen LogP contribution < -0.4 is 0 Å².